The fraction of sp³-hybridized carbons (Fsp3) is 0.889. The first-order chi connectivity index (χ1) is 11.1. The molecule has 5 nitrogen and oxygen atoms in total. The zero-order valence-electron chi connectivity index (χ0n) is 14.4. The van der Waals surface area contributed by atoms with Gasteiger partial charge in [-0.3, -0.25) is 9.59 Å². The molecule has 0 bridgehead atoms. The zero-order chi connectivity index (χ0) is 16.7. The molecule has 0 heterocycles. The Morgan fingerprint density at radius 1 is 1.00 bits per heavy atom. The van der Waals surface area contributed by atoms with E-state index in [4.69, 9.17) is 5.11 Å². The molecule has 0 aromatic rings. The van der Waals surface area contributed by atoms with E-state index < -0.39 is 0 Å². The van der Waals surface area contributed by atoms with Crippen molar-refractivity contribution in [1.82, 2.24) is 10.6 Å². The van der Waals surface area contributed by atoms with E-state index in [2.05, 4.69) is 10.6 Å². The standard InChI is InChI=1S/C18H32N2O3/c1-13(5-4-12-21)19-17(22)15-8-10-16(11-9-15)20-18(23)14-6-2-3-7-14/h13-16,21H,2-12H2,1H3,(H,19,22)(H,20,23). The summed E-state index contributed by atoms with van der Waals surface area (Å²) < 4.78 is 0. The van der Waals surface area contributed by atoms with Gasteiger partial charge in [-0.1, -0.05) is 12.8 Å². The molecule has 2 aliphatic carbocycles. The van der Waals surface area contributed by atoms with Gasteiger partial charge < -0.3 is 15.7 Å². The molecule has 2 rings (SSSR count). The topological polar surface area (TPSA) is 78.4 Å². The number of aliphatic hydroxyl groups is 1. The van der Waals surface area contributed by atoms with Gasteiger partial charge >= 0.3 is 0 Å². The van der Waals surface area contributed by atoms with Gasteiger partial charge in [-0.15, -0.1) is 0 Å². The number of nitrogens with one attached hydrogen (secondary N) is 2. The normalized spacial score (nSPS) is 26.7. The minimum atomic E-state index is 0.0752. The highest BCUT2D eigenvalue weighted by Gasteiger charge is 2.30. The van der Waals surface area contributed by atoms with E-state index in [0.29, 0.717) is 0 Å². The summed E-state index contributed by atoms with van der Waals surface area (Å²) in [6.45, 7) is 2.16. The summed E-state index contributed by atoms with van der Waals surface area (Å²) in [6.07, 6.45) is 9.49. The molecular weight excluding hydrogens is 292 g/mol. The number of amides is 2. The number of rotatable bonds is 7. The highest BCUT2D eigenvalue weighted by atomic mass is 16.3. The van der Waals surface area contributed by atoms with Crippen molar-refractivity contribution >= 4 is 11.8 Å². The number of hydrogen-bond donors (Lipinski definition) is 3. The largest absolute Gasteiger partial charge is 0.396 e. The van der Waals surface area contributed by atoms with Gasteiger partial charge in [0.05, 0.1) is 0 Å². The molecule has 1 unspecified atom stereocenters. The molecule has 0 aromatic carbocycles. The molecule has 2 aliphatic rings. The smallest absolute Gasteiger partial charge is 0.223 e. The van der Waals surface area contributed by atoms with Crippen molar-refractivity contribution in [2.24, 2.45) is 11.8 Å². The van der Waals surface area contributed by atoms with Crippen molar-refractivity contribution in [2.75, 3.05) is 6.61 Å². The first kappa shape index (κ1) is 18.2. The van der Waals surface area contributed by atoms with Crippen molar-refractivity contribution in [3.8, 4) is 0 Å². The Hall–Kier alpha value is -1.10. The van der Waals surface area contributed by atoms with E-state index in [9.17, 15) is 9.59 Å². The molecule has 2 fully saturated rings. The van der Waals surface area contributed by atoms with Gasteiger partial charge in [-0.05, 0) is 58.3 Å². The second-order valence-corrected chi connectivity index (χ2v) is 7.31. The van der Waals surface area contributed by atoms with Crippen LogP contribution in [-0.2, 0) is 9.59 Å². The van der Waals surface area contributed by atoms with Crippen LogP contribution in [0.3, 0.4) is 0 Å². The highest BCUT2D eigenvalue weighted by Crippen LogP contribution is 2.28. The molecule has 2 saturated carbocycles. The Labute approximate surface area is 139 Å². The highest BCUT2D eigenvalue weighted by molar-refractivity contribution is 5.80. The molecular formula is C18H32N2O3. The minimum Gasteiger partial charge on any atom is -0.396 e. The van der Waals surface area contributed by atoms with Gasteiger partial charge in [0.2, 0.25) is 11.8 Å². The zero-order valence-corrected chi connectivity index (χ0v) is 14.4. The molecule has 3 N–H and O–H groups in total. The molecule has 132 valence electrons. The predicted octanol–water partition coefficient (Wildman–Crippen LogP) is 2.13. The molecule has 0 spiro atoms. The summed E-state index contributed by atoms with van der Waals surface area (Å²) in [7, 11) is 0. The summed E-state index contributed by atoms with van der Waals surface area (Å²) in [5, 5.41) is 15.1. The minimum absolute atomic E-state index is 0.0752. The SMILES string of the molecule is CC(CCCO)NC(=O)C1CCC(NC(=O)C2CCCC2)CC1. The Morgan fingerprint density at radius 3 is 2.22 bits per heavy atom. The van der Waals surface area contributed by atoms with Crippen LogP contribution in [0.25, 0.3) is 0 Å². The number of carbonyl (C=O) groups is 2. The van der Waals surface area contributed by atoms with Crippen LogP contribution in [0.1, 0.15) is 71.1 Å². The maximum Gasteiger partial charge on any atom is 0.223 e. The number of carbonyl (C=O) groups excluding carboxylic acids is 2. The second-order valence-electron chi connectivity index (χ2n) is 7.31. The van der Waals surface area contributed by atoms with Crippen LogP contribution in [0.5, 0.6) is 0 Å². The van der Waals surface area contributed by atoms with Gasteiger partial charge in [0.1, 0.15) is 0 Å². The van der Waals surface area contributed by atoms with Crippen LogP contribution >= 0.6 is 0 Å². The van der Waals surface area contributed by atoms with Gasteiger partial charge in [0, 0.05) is 30.5 Å². The summed E-state index contributed by atoms with van der Waals surface area (Å²) in [6, 6.07) is 0.369. The van der Waals surface area contributed by atoms with Crippen LogP contribution < -0.4 is 10.6 Å². The Bertz CT molecular complexity index is 386. The van der Waals surface area contributed by atoms with Gasteiger partial charge in [0.15, 0.2) is 0 Å². The molecule has 2 amide bonds. The van der Waals surface area contributed by atoms with E-state index >= 15 is 0 Å². The quantitative estimate of drug-likeness (QED) is 0.671. The third-order valence-electron chi connectivity index (χ3n) is 5.35. The first-order valence-corrected chi connectivity index (χ1v) is 9.31. The Kier molecular flexibility index (Phi) is 7.34. The van der Waals surface area contributed by atoms with E-state index in [0.717, 1.165) is 51.4 Å². The van der Waals surface area contributed by atoms with Crippen LogP contribution in [0.4, 0.5) is 0 Å². The van der Waals surface area contributed by atoms with E-state index in [1.54, 1.807) is 0 Å². The molecule has 0 aliphatic heterocycles. The van der Waals surface area contributed by atoms with E-state index in [-0.39, 0.29) is 42.3 Å². The fourth-order valence-electron chi connectivity index (χ4n) is 3.84. The Morgan fingerprint density at radius 2 is 1.61 bits per heavy atom. The summed E-state index contributed by atoms with van der Waals surface area (Å²) in [5.74, 6) is 0.665. The van der Waals surface area contributed by atoms with Crippen LogP contribution in [0, 0.1) is 11.8 Å². The van der Waals surface area contributed by atoms with Crippen molar-refractivity contribution in [3.63, 3.8) is 0 Å². The lowest BCUT2D eigenvalue weighted by atomic mass is 9.85. The lowest BCUT2D eigenvalue weighted by molar-refractivity contribution is -0.127. The van der Waals surface area contributed by atoms with Crippen molar-refractivity contribution < 1.29 is 14.7 Å². The molecule has 0 radical (unpaired) electrons. The first-order valence-electron chi connectivity index (χ1n) is 9.31. The lowest BCUT2D eigenvalue weighted by Gasteiger charge is -2.30. The Balaban J connectivity index is 1.66. The second kappa shape index (κ2) is 9.26. The monoisotopic (exact) mass is 324 g/mol. The van der Waals surface area contributed by atoms with Crippen molar-refractivity contribution in [2.45, 2.75) is 83.2 Å². The maximum atomic E-state index is 12.2. The maximum absolute atomic E-state index is 12.2. The molecule has 23 heavy (non-hydrogen) atoms. The van der Waals surface area contributed by atoms with Crippen LogP contribution in [0.2, 0.25) is 0 Å². The fourth-order valence-corrected chi connectivity index (χ4v) is 3.84. The van der Waals surface area contributed by atoms with Gasteiger partial charge in [-0.2, -0.15) is 0 Å². The molecule has 5 heteroatoms. The summed E-state index contributed by atoms with van der Waals surface area (Å²) >= 11 is 0. The van der Waals surface area contributed by atoms with Crippen molar-refractivity contribution in [3.05, 3.63) is 0 Å². The molecule has 1 atom stereocenters. The van der Waals surface area contributed by atoms with E-state index in [1.165, 1.54) is 12.8 Å². The molecule has 0 saturated heterocycles. The van der Waals surface area contributed by atoms with Gasteiger partial charge in [0.25, 0.3) is 0 Å². The third-order valence-corrected chi connectivity index (χ3v) is 5.35. The number of hydrogen-bond acceptors (Lipinski definition) is 3. The number of aliphatic hydroxyl groups excluding tert-OH is 1. The average molecular weight is 324 g/mol. The molecule has 0 aromatic heterocycles. The van der Waals surface area contributed by atoms with Crippen LogP contribution in [-0.4, -0.2) is 35.6 Å². The van der Waals surface area contributed by atoms with Crippen LogP contribution in [0.15, 0.2) is 0 Å². The van der Waals surface area contributed by atoms with E-state index in [1.807, 2.05) is 6.92 Å². The predicted molar refractivity (Wildman–Crippen MR) is 89.8 cm³/mol. The summed E-state index contributed by atoms with van der Waals surface area (Å²) in [5.41, 5.74) is 0. The van der Waals surface area contributed by atoms with Gasteiger partial charge in [-0.25, -0.2) is 0 Å². The van der Waals surface area contributed by atoms with Crippen molar-refractivity contribution in [1.29, 1.82) is 0 Å². The average Bonchev–Trinajstić information content (AvgIpc) is 3.08. The third kappa shape index (κ3) is 5.79. The lowest BCUT2D eigenvalue weighted by Crippen LogP contribution is -2.44. The summed E-state index contributed by atoms with van der Waals surface area (Å²) in [4.78, 5) is 24.4.